The van der Waals surface area contributed by atoms with Crippen LogP contribution in [0.1, 0.15) is 393 Å². The van der Waals surface area contributed by atoms with E-state index < -0.39 is 6.10 Å². The summed E-state index contributed by atoms with van der Waals surface area (Å²) in [6.07, 6.45) is 76.5. The highest BCUT2D eigenvalue weighted by atomic mass is 16.6. The lowest BCUT2D eigenvalue weighted by molar-refractivity contribution is -0.167. The molecule has 0 aromatic heterocycles. The summed E-state index contributed by atoms with van der Waals surface area (Å²) in [6, 6.07) is 0. The first-order valence-electron chi connectivity index (χ1n) is 34.2. The first-order valence-corrected chi connectivity index (χ1v) is 34.2. The fraction of sp³-hybridized carbons (Fsp3) is 0.928. The van der Waals surface area contributed by atoms with Gasteiger partial charge in [0.1, 0.15) is 13.2 Å². The van der Waals surface area contributed by atoms with Gasteiger partial charge in [0, 0.05) is 19.3 Å². The average molecular weight is 1060 g/mol. The first-order chi connectivity index (χ1) is 37.0. The Balaban J connectivity index is 4.27. The van der Waals surface area contributed by atoms with Gasteiger partial charge in [-0.2, -0.15) is 0 Å². The number of allylic oxidation sites excluding steroid dienone is 2. The number of carbonyl (C=O) groups excluding carboxylic acids is 3. The van der Waals surface area contributed by atoms with Crippen LogP contribution in [0.5, 0.6) is 0 Å². The number of rotatable bonds is 64. The largest absolute Gasteiger partial charge is 0.462 e. The number of ether oxygens (including phenoxy) is 3. The van der Waals surface area contributed by atoms with E-state index in [4.69, 9.17) is 14.2 Å². The van der Waals surface area contributed by atoms with Gasteiger partial charge in [0.25, 0.3) is 0 Å². The minimum atomic E-state index is -0.766. The molecule has 6 heteroatoms. The molecule has 0 aliphatic carbocycles. The number of esters is 3. The van der Waals surface area contributed by atoms with Crippen LogP contribution < -0.4 is 0 Å². The van der Waals surface area contributed by atoms with Crippen LogP contribution in [0.2, 0.25) is 0 Å². The van der Waals surface area contributed by atoms with Crippen LogP contribution in [0, 0.1) is 0 Å². The minimum Gasteiger partial charge on any atom is -0.462 e. The van der Waals surface area contributed by atoms with Crippen LogP contribution in [0.3, 0.4) is 0 Å². The van der Waals surface area contributed by atoms with Crippen LogP contribution >= 0.6 is 0 Å². The van der Waals surface area contributed by atoms with Gasteiger partial charge in [0.05, 0.1) is 0 Å². The van der Waals surface area contributed by atoms with Crippen molar-refractivity contribution in [1.82, 2.24) is 0 Å². The molecule has 0 radical (unpaired) electrons. The lowest BCUT2D eigenvalue weighted by atomic mass is 10.0. The van der Waals surface area contributed by atoms with E-state index in [2.05, 4.69) is 32.9 Å². The van der Waals surface area contributed by atoms with Gasteiger partial charge in [-0.1, -0.05) is 341 Å². The topological polar surface area (TPSA) is 78.9 Å². The molecular weight excluding hydrogens is 925 g/mol. The number of carbonyl (C=O) groups is 3. The fourth-order valence-electron chi connectivity index (χ4n) is 10.6. The third kappa shape index (κ3) is 62.9. The van der Waals surface area contributed by atoms with Crippen LogP contribution in [-0.2, 0) is 28.6 Å². The molecule has 0 amide bonds. The van der Waals surface area contributed by atoms with E-state index in [0.29, 0.717) is 19.3 Å². The zero-order valence-corrected chi connectivity index (χ0v) is 51.1. The highest BCUT2D eigenvalue weighted by Crippen LogP contribution is 2.19. The predicted molar refractivity (Wildman–Crippen MR) is 326 cm³/mol. The normalized spacial score (nSPS) is 12.0. The van der Waals surface area contributed by atoms with Gasteiger partial charge in [0.15, 0.2) is 6.10 Å². The van der Waals surface area contributed by atoms with E-state index in [1.54, 1.807) is 0 Å². The molecular formula is C69H132O6. The van der Waals surface area contributed by atoms with Crippen molar-refractivity contribution < 1.29 is 28.6 Å². The van der Waals surface area contributed by atoms with Crippen molar-refractivity contribution in [2.45, 2.75) is 399 Å². The third-order valence-corrected chi connectivity index (χ3v) is 15.8. The molecule has 0 aliphatic rings. The lowest BCUT2D eigenvalue weighted by Crippen LogP contribution is -2.30. The first kappa shape index (κ1) is 73.2. The van der Waals surface area contributed by atoms with E-state index in [1.807, 2.05) is 0 Å². The summed E-state index contributed by atoms with van der Waals surface area (Å²) in [5.41, 5.74) is 0. The third-order valence-electron chi connectivity index (χ3n) is 15.8. The maximum Gasteiger partial charge on any atom is 0.306 e. The van der Waals surface area contributed by atoms with Crippen molar-refractivity contribution >= 4 is 17.9 Å². The van der Waals surface area contributed by atoms with Gasteiger partial charge >= 0.3 is 17.9 Å². The number of hydrogen-bond donors (Lipinski definition) is 0. The van der Waals surface area contributed by atoms with E-state index in [0.717, 1.165) is 57.8 Å². The molecule has 0 aromatic rings. The highest BCUT2D eigenvalue weighted by molar-refractivity contribution is 5.71. The maximum atomic E-state index is 12.9. The Morgan fingerprint density at radius 3 is 0.667 bits per heavy atom. The van der Waals surface area contributed by atoms with Crippen LogP contribution in [-0.4, -0.2) is 37.2 Å². The standard InChI is InChI=1S/C69H132O6/c1-4-7-10-13-16-19-22-25-28-30-32-34-36-38-41-44-47-50-53-56-59-62-68(71)74-65-66(64-73-67(70)61-58-55-52-49-46-43-40-27-24-21-18-15-12-9-6-3)75-69(72)63-60-57-54-51-48-45-42-39-37-35-33-31-29-26-23-20-17-14-11-8-5-2/h26,29,66H,4-25,27-28,30-65H2,1-3H3/b29-26-/t66-/m0/s1. The van der Waals surface area contributed by atoms with Crippen LogP contribution in [0.25, 0.3) is 0 Å². The van der Waals surface area contributed by atoms with Gasteiger partial charge in [-0.15, -0.1) is 0 Å². The second-order valence-electron chi connectivity index (χ2n) is 23.5. The summed E-state index contributed by atoms with van der Waals surface area (Å²) >= 11 is 0. The van der Waals surface area contributed by atoms with E-state index in [9.17, 15) is 14.4 Å². The quantitative estimate of drug-likeness (QED) is 0.0261. The molecule has 0 spiro atoms. The fourth-order valence-corrected chi connectivity index (χ4v) is 10.6. The zero-order valence-electron chi connectivity index (χ0n) is 51.1. The Kier molecular flexibility index (Phi) is 63.1. The van der Waals surface area contributed by atoms with Gasteiger partial charge < -0.3 is 14.2 Å². The van der Waals surface area contributed by atoms with E-state index >= 15 is 0 Å². The van der Waals surface area contributed by atoms with Gasteiger partial charge in [0.2, 0.25) is 0 Å². The molecule has 0 aliphatic heterocycles. The lowest BCUT2D eigenvalue weighted by Gasteiger charge is -2.18. The average Bonchev–Trinajstić information content (AvgIpc) is 3.41. The van der Waals surface area contributed by atoms with E-state index in [-0.39, 0.29) is 31.1 Å². The Bertz CT molecular complexity index is 1170. The molecule has 0 saturated carbocycles. The molecule has 6 nitrogen and oxygen atoms in total. The van der Waals surface area contributed by atoms with Gasteiger partial charge in [-0.3, -0.25) is 14.4 Å². The second-order valence-corrected chi connectivity index (χ2v) is 23.5. The Morgan fingerprint density at radius 1 is 0.253 bits per heavy atom. The minimum absolute atomic E-state index is 0.0631. The second kappa shape index (κ2) is 64.7. The molecule has 1 atom stereocenters. The van der Waals surface area contributed by atoms with Crippen molar-refractivity contribution in [3.8, 4) is 0 Å². The van der Waals surface area contributed by atoms with Crippen molar-refractivity contribution in [3.63, 3.8) is 0 Å². The Labute approximate surface area is 469 Å². The summed E-state index contributed by atoms with van der Waals surface area (Å²) in [7, 11) is 0. The van der Waals surface area contributed by atoms with Crippen LogP contribution in [0.15, 0.2) is 12.2 Å². The Hall–Kier alpha value is -1.85. The molecule has 0 aromatic carbocycles. The smallest absolute Gasteiger partial charge is 0.306 e. The monoisotopic (exact) mass is 1060 g/mol. The number of unbranched alkanes of at least 4 members (excludes halogenated alkanes) is 51. The molecule has 444 valence electrons. The van der Waals surface area contributed by atoms with Gasteiger partial charge in [-0.25, -0.2) is 0 Å². The molecule has 0 saturated heterocycles. The van der Waals surface area contributed by atoms with Gasteiger partial charge in [-0.05, 0) is 44.9 Å². The molecule has 0 fully saturated rings. The summed E-state index contributed by atoms with van der Waals surface area (Å²) in [6.45, 7) is 6.73. The predicted octanol–water partition coefficient (Wildman–Crippen LogP) is 23.2. The van der Waals surface area contributed by atoms with E-state index in [1.165, 1.54) is 295 Å². The molecule has 75 heavy (non-hydrogen) atoms. The molecule has 0 bridgehead atoms. The number of hydrogen-bond acceptors (Lipinski definition) is 6. The van der Waals surface area contributed by atoms with Crippen molar-refractivity contribution in [1.29, 1.82) is 0 Å². The van der Waals surface area contributed by atoms with Crippen molar-refractivity contribution in [2.24, 2.45) is 0 Å². The molecule has 0 N–H and O–H groups in total. The summed E-state index contributed by atoms with van der Waals surface area (Å²) in [4.78, 5) is 38.4. The van der Waals surface area contributed by atoms with Crippen molar-refractivity contribution in [3.05, 3.63) is 12.2 Å². The summed E-state index contributed by atoms with van der Waals surface area (Å²) < 4.78 is 17.0. The zero-order chi connectivity index (χ0) is 54.3. The van der Waals surface area contributed by atoms with Crippen LogP contribution in [0.4, 0.5) is 0 Å². The van der Waals surface area contributed by atoms with Crippen molar-refractivity contribution in [2.75, 3.05) is 13.2 Å². The Morgan fingerprint density at radius 2 is 0.440 bits per heavy atom. The highest BCUT2D eigenvalue weighted by Gasteiger charge is 2.19. The molecule has 0 unspecified atom stereocenters. The molecule has 0 heterocycles. The maximum absolute atomic E-state index is 12.9. The summed E-state index contributed by atoms with van der Waals surface area (Å²) in [5.74, 6) is -0.828. The summed E-state index contributed by atoms with van der Waals surface area (Å²) in [5, 5.41) is 0. The molecule has 0 rings (SSSR count). The SMILES string of the molecule is CCCCCCCC/C=C\CCCCCCCCCCCCCC(=O)O[C@@H](COC(=O)CCCCCCCCCCCCCCCCC)COC(=O)CCCCCCCCCCCCCCCCCCCCCCC.